The molecule has 0 aliphatic heterocycles. The summed E-state index contributed by atoms with van der Waals surface area (Å²) in [6.07, 6.45) is -1.50. The molecule has 2 aromatic carbocycles. The van der Waals surface area contributed by atoms with Gasteiger partial charge in [-0.2, -0.15) is 13.2 Å². The van der Waals surface area contributed by atoms with E-state index in [2.05, 4.69) is 64.3 Å². The second-order valence-corrected chi connectivity index (χ2v) is 12.5. The highest BCUT2D eigenvalue weighted by atomic mass is 32.2. The number of hydrogen-bond acceptors (Lipinski definition) is 4. The number of aromatic nitrogens is 2. The van der Waals surface area contributed by atoms with Crippen LogP contribution in [0.25, 0.3) is 11.0 Å². The predicted octanol–water partition coefficient (Wildman–Crippen LogP) is 9.48. The SMILES string of the molecule is CCCC(Sc1ccc2c(c1)nc(C(C)(C)C)n2CCCCC(F)(F)F)C(C)=O.CCc1ccc(C)cc1OC. The van der Waals surface area contributed by atoms with Crippen molar-refractivity contribution in [3.8, 4) is 5.75 Å². The van der Waals surface area contributed by atoms with Crippen molar-refractivity contribution in [1.29, 1.82) is 0 Å². The van der Waals surface area contributed by atoms with Gasteiger partial charge in [-0.3, -0.25) is 4.79 Å². The number of ketones is 1. The number of methoxy groups -OCH3 is 1. The van der Waals surface area contributed by atoms with Crippen LogP contribution in [0.3, 0.4) is 0 Å². The summed E-state index contributed by atoms with van der Waals surface area (Å²) in [5.41, 5.74) is 4.06. The van der Waals surface area contributed by atoms with Crippen LogP contribution in [-0.2, 0) is 23.2 Å². The molecule has 0 fully saturated rings. The minimum absolute atomic E-state index is 0.0657. The number of thioether (sulfide) groups is 1. The number of nitrogens with zero attached hydrogens (tertiary/aromatic N) is 2. The minimum atomic E-state index is -4.11. The number of rotatable bonds is 11. The van der Waals surface area contributed by atoms with Crippen LogP contribution >= 0.6 is 11.8 Å². The first-order chi connectivity index (χ1) is 18.7. The molecule has 0 bridgehead atoms. The second kappa shape index (κ2) is 14.9. The molecular weight excluding hydrogens is 533 g/mol. The molecule has 3 rings (SSSR count). The van der Waals surface area contributed by atoms with Gasteiger partial charge >= 0.3 is 6.18 Å². The van der Waals surface area contributed by atoms with E-state index >= 15 is 0 Å². The third kappa shape index (κ3) is 10.2. The van der Waals surface area contributed by atoms with Gasteiger partial charge in [0.2, 0.25) is 0 Å². The number of alkyl halides is 3. The number of unbranched alkanes of at least 4 members (excludes halogenated alkanes) is 1. The Morgan fingerprint density at radius 1 is 1.07 bits per heavy atom. The monoisotopic (exact) mass is 578 g/mol. The van der Waals surface area contributed by atoms with Crippen molar-refractivity contribution >= 4 is 28.6 Å². The molecule has 0 radical (unpaired) electrons. The Bertz CT molecular complexity index is 1250. The first kappa shape index (κ1) is 33.7. The summed E-state index contributed by atoms with van der Waals surface area (Å²) in [6.45, 7) is 14.6. The molecule has 0 saturated heterocycles. The molecule has 222 valence electrons. The molecular formula is C32H45F3N2O2S. The van der Waals surface area contributed by atoms with E-state index < -0.39 is 12.6 Å². The van der Waals surface area contributed by atoms with Crippen molar-refractivity contribution < 1.29 is 22.7 Å². The lowest BCUT2D eigenvalue weighted by Crippen LogP contribution is -2.19. The van der Waals surface area contributed by atoms with Crippen LogP contribution in [0.1, 0.15) is 90.6 Å². The smallest absolute Gasteiger partial charge is 0.389 e. The van der Waals surface area contributed by atoms with Crippen LogP contribution in [0.15, 0.2) is 41.3 Å². The fraction of sp³-hybridized carbons (Fsp3) is 0.562. The molecule has 0 saturated carbocycles. The molecule has 0 amide bonds. The van der Waals surface area contributed by atoms with Gasteiger partial charge in [0, 0.05) is 23.3 Å². The maximum atomic E-state index is 12.5. The lowest BCUT2D eigenvalue weighted by atomic mass is 9.95. The van der Waals surface area contributed by atoms with Gasteiger partial charge in [-0.15, -0.1) is 11.8 Å². The van der Waals surface area contributed by atoms with E-state index in [0.29, 0.717) is 13.0 Å². The van der Waals surface area contributed by atoms with Gasteiger partial charge in [0.1, 0.15) is 17.4 Å². The zero-order chi connectivity index (χ0) is 30.1. The van der Waals surface area contributed by atoms with Gasteiger partial charge in [-0.1, -0.05) is 53.2 Å². The van der Waals surface area contributed by atoms with Gasteiger partial charge in [0.05, 0.1) is 23.4 Å². The Kier molecular flexibility index (Phi) is 12.6. The topological polar surface area (TPSA) is 44.1 Å². The van der Waals surface area contributed by atoms with Crippen molar-refractivity contribution in [1.82, 2.24) is 9.55 Å². The Balaban J connectivity index is 0.000000425. The third-order valence-electron chi connectivity index (χ3n) is 6.59. The largest absolute Gasteiger partial charge is 0.496 e. The molecule has 0 spiro atoms. The zero-order valence-electron chi connectivity index (χ0n) is 25.2. The molecule has 0 N–H and O–H groups in total. The molecule has 4 nitrogen and oxygen atoms in total. The van der Waals surface area contributed by atoms with E-state index in [-0.39, 0.29) is 22.9 Å². The lowest BCUT2D eigenvalue weighted by Gasteiger charge is -2.20. The average Bonchev–Trinajstić information content (AvgIpc) is 3.24. The van der Waals surface area contributed by atoms with Crippen LogP contribution < -0.4 is 4.74 Å². The van der Waals surface area contributed by atoms with Crippen LogP contribution in [0.4, 0.5) is 13.2 Å². The summed E-state index contributed by atoms with van der Waals surface area (Å²) in [6, 6.07) is 12.3. The van der Waals surface area contributed by atoms with Crippen LogP contribution in [0.5, 0.6) is 5.75 Å². The van der Waals surface area contributed by atoms with Crippen LogP contribution in [0.2, 0.25) is 0 Å². The Labute approximate surface area is 242 Å². The number of fused-ring (bicyclic) bond motifs is 1. The first-order valence-corrected chi connectivity index (χ1v) is 15.0. The Morgan fingerprint density at radius 2 is 1.77 bits per heavy atom. The number of imidazole rings is 1. The number of hydrogen-bond donors (Lipinski definition) is 0. The highest BCUT2D eigenvalue weighted by Gasteiger charge is 2.27. The molecule has 3 aromatic rings. The normalized spacial score (nSPS) is 12.7. The summed E-state index contributed by atoms with van der Waals surface area (Å²) in [5, 5.41) is -0.0657. The number of halogens is 3. The highest BCUT2D eigenvalue weighted by molar-refractivity contribution is 8.00. The maximum absolute atomic E-state index is 12.5. The van der Waals surface area contributed by atoms with Crippen LogP contribution in [0, 0.1) is 6.92 Å². The quantitative estimate of drug-likeness (QED) is 0.168. The van der Waals surface area contributed by atoms with E-state index in [1.54, 1.807) is 25.8 Å². The van der Waals surface area contributed by atoms with Gasteiger partial charge in [-0.25, -0.2) is 4.98 Å². The lowest BCUT2D eigenvalue weighted by molar-refractivity contribution is -0.135. The molecule has 1 atom stereocenters. The maximum Gasteiger partial charge on any atom is 0.389 e. The standard InChI is InChI=1S/C22H31F3N2OS.C10H14O/c1-6-9-19(15(2)28)29-16-10-11-18-17(14-16)26-20(21(3,4)5)27(18)13-8-7-12-22(23,24)25;1-4-9-6-5-8(2)7-10(9)11-3/h10-11,14,19H,6-9,12-13H2,1-5H3;5-7H,4H2,1-3H3. The highest BCUT2D eigenvalue weighted by Crippen LogP contribution is 2.33. The minimum Gasteiger partial charge on any atom is -0.496 e. The van der Waals surface area contributed by atoms with Gasteiger partial charge in [0.25, 0.3) is 0 Å². The van der Waals surface area contributed by atoms with Crippen molar-refractivity contribution in [3.05, 3.63) is 53.3 Å². The average molecular weight is 579 g/mol. The molecule has 0 aliphatic carbocycles. The number of aryl methyl sites for hydroxylation is 3. The molecule has 0 aliphatic rings. The fourth-order valence-corrected chi connectivity index (χ4v) is 5.67. The van der Waals surface area contributed by atoms with Crippen molar-refractivity contribution in [2.75, 3.05) is 7.11 Å². The van der Waals surface area contributed by atoms with E-state index in [1.807, 2.05) is 18.2 Å². The zero-order valence-corrected chi connectivity index (χ0v) is 26.1. The molecule has 1 aromatic heterocycles. The molecule has 1 heterocycles. The summed E-state index contributed by atoms with van der Waals surface area (Å²) in [4.78, 5) is 17.7. The Morgan fingerprint density at radius 3 is 2.33 bits per heavy atom. The molecule has 8 heteroatoms. The Hall–Kier alpha value is -2.48. The van der Waals surface area contributed by atoms with Gasteiger partial charge in [-0.05, 0) is 74.9 Å². The van der Waals surface area contributed by atoms with Crippen molar-refractivity contribution in [2.45, 2.75) is 115 Å². The number of carbonyl (C=O) groups excluding carboxylic acids is 1. The van der Waals surface area contributed by atoms with E-state index in [9.17, 15) is 18.0 Å². The number of carbonyl (C=O) groups is 1. The number of Topliss-reactive ketones (excluding diaryl/α,β-unsaturated/α-hetero) is 1. The summed E-state index contributed by atoms with van der Waals surface area (Å²) in [5.74, 6) is 2.05. The first-order valence-electron chi connectivity index (χ1n) is 14.1. The third-order valence-corrected chi connectivity index (χ3v) is 7.97. The van der Waals surface area contributed by atoms with E-state index in [0.717, 1.165) is 46.8 Å². The number of benzene rings is 2. The van der Waals surface area contributed by atoms with Gasteiger partial charge < -0.3 is 9.30 Å². The van der Waals surface area contributed by atoms with Crippen LogP contribution in [-0.4, -0.2) is 33.9 Å². The number of ether oxygens (including phenoxy) is 1. The summed E-state index contributed by atoms with van der Waals surface area (Å²) >= 11 is 1.56. The summed E-state index contributed by atoms with van der Waals surface area (Å²) < 4.78 is 44.6. The van der Waals surface area contributed by atoms with Crippen molar-refractivity contribution in [2.24, 2.45) is 0 Å². The van der Waals surface area contributed by atoms with Crippen molar-refractivity contribution in [3.63, 3.8) is 0 Å². The van der Waals surface area contributed by atoms with Gasteiger partial charge in [0.15, 0.2) is 0 Å². The second-order valence-electron chi connectivity index (χ2n) is 11.2. The van der Waals surface area contributed by atoms with E-state index in [1.165, 1.54) is 11.1 Å². The molecule has 40 heavy (non-hydrogen) atoms. The predicted molar refractivity (Wildman–Crippen MR) is 161 cm³/mol. The van der Waals surface area contributed by atoms with E-state index in [4.69, 9.17) is 9.72 Å². The summed E-state index contributed by atoms with van der Waals surface area (Å²) in [7, 11) is 1.72. The fourth-order valence-electron chi connectivity index (χ4n) is 4.49. The molecule has 1 unspecified atom stereocenters.